The molecule has 0 bridgehead atoms. The zero-order chi connectivity index (χ0) is 17.4. The van der Waals surface area contributed by atoms with Crippen molar-refractivity contribution < 1.29 is 29.7 Å². The Morgan fingerprint density at radius 3 is 2.17 bits per heavy atom. The average molecular weight is 318 g/mol. The lowest BCUT2D eigenvalue weighted by Crippen LogP contribution is -2.10. The summed E-state index contributed by atoms with van der Waals surface area (Å²) in [4.78, 5) is 38.7. The maximum atomic E-state index is 10.6. The van der Waals surface area contributed by atoms with Crippen LogP contribution in [-0.2, 0) is 6.42 Å². The van der Waals surface area contributed by atoms with Gasteiger partial charge in [-0.25, -0.2) is 19.4 Å². The molecule has 0 aliphatic rings. The number of carboxylic acids is 3. The zero-order valence-electron chi connectivity index (χ0n) is 11.9. The monoisotopic (exact) mass is 318 g/mol. The number of nitrogens with one attached hydrogen (secondary N) is 1. The third-order valence-corrected chi connectivity index (χ3v) is 2.62. The smallest absolute Gasteiger partial charge is 0.336 e. The lowest BCUT2D eigenvalue weighted by Gasteiger charge is -2.02. The molecule has 1 aromatic heterocycles. The fourth-order valence-corrected chi connectivity index (χ4v) is 1.59. The Labute approximate surface area is 130 Å². The fraction of sp³-hybridized carbons (Fsp3) is 0.0667. The Balaban J connectivity index is 0.000000277. The highest BCUT2D eigenvalue weighted by Gasteiger charge is 2.17. The van der Waals surface area contributed by atoms with Crippen molar-refractivity contribution >= 4 is 17.9 Å². The molecule has 2 rings (SSSR count). The molecule has 0 saturated heterocycles. The van der Waals surface area contributed by atoms with Crippen molar-refractivity contribution in [1.29, 1.82) is 0 Å². The molecule has 2 aromatic rings. The van der Waals surface area contributed by atoms with Gasteiger partial charge in [0, 0.05) is 18.8 Å². The van der Waals surface area contributed by atoms with Crippen molar-refractivity contribution in [2.24, 2.45) is 0 Å². The number of H-pyrrole nitrogens is 1. The van der Waals surface area contributed by atoms with Crippen molar-refractivity contribution in [2.45, 2.75) is 6.42 Å². The maximum Gasteiger partial charge on any atom is 0.336 e. The Morgan fingerprint density at radius 2 is 1.74 bits per heavy atom. The van der Waals surface area contributed by atoms with E-state index in [9.17, 15) is 14.4 Å². The topological polar surface area (TPSA) is 141 Å². The van der Waals surface area contributed by atoms with Gasteiger partial charge in [0.1, 0.15) is 5.82 Å². The quantitative estimate of drug-likeness (QED) is 0.617. The SMILES string of the molecule is C=CCc1ncc[nH]1.O=C(O)c1ccc(C(=O)O)c(C(=O)O)c1. The first-order valence-electron chi connectivity index (χ1n) is 6.30. The summed E-state index contributed by atoms with van der Waals surface area (Å²) in [6.07, 6.45) is 6.18. The lowest BCUT2D eigenvalue weighted by molar-refractivity contribution is 0.0649. The van der Waals surface area contributed by atoms with Crippen molar-refractivity contribution in [3.8, 4) is 0 Å². The van der Waals surface area contributed by atoms with Gasteiger partial charge in [0.05, 0.1) is 16.7 Å². The summed E-state index contributed by atoms with van der Waals surface area (Å²) in [6.45, 7) is 3.58. The van der Waals surface area contributed by atoms with Gasteiger partial charge in [0.2, 0.25) is 0 Å². The summed E-state index contributed by atoms with van der Waals surface area (Å²) in [5.74, 6) is -3.23. The molecule has 8 nitrogen and oxygen atoms in total. The number of nitrogens with zero attached hydrogens (tertiary/aromatic N) is 1. The number of hydrogen-bond acceptors (Lipinski definition) is 4. The van der Waals surface area contributed by atoms with Gasteiger partial charge in [-0.3, -0.25) is 0 Å². The maximum absolute atomic E-state index is 10.6. The zero-order valence-corrected chi connectivity index (χ0v) is 11.9. The van der Waals surface area contributed by atoms with Crippen LogP contribution in [0.5, 0.6) is 0 Å². The molecule has 0 aliphatic heterocycles. The van der Waals surface area contributed by atoms with Crippen LogP contribution in [0.3, 0.4) is 0 Å². The molecule has 8 heteroatoms. The molecule has 120 valence electrons. The largest absolute Gasteiger partial charge is 0.478 e. The van der Waals surface area contributed by atoms with E-state index in [1.165, 1.54) is 0 Å². The summed E-state index contributed by atoms with van der Waals surface area (Å²) < 4.78 is 0. The molecular weight excluding hydrogens is 304 g/mol. The Bertz CT molecular complexity index is 722. The van der Waals surface area contributed by atoms with Gasteiger partial charge in [0.25, 0.3) is 0 Å². The Morgan fingerprint density at radius 1 is 1.09 bits per heavy atom. The van der Waals surface area contributed by atoms with Crippen LogP contribution < -0.4 is 0 Å². The van der Waals surface area contributed by atoms with E-state index in [0.717, 1.165) is 30.4 Å². The number of carbonyl (C=O) groups is 3. The van der Waals surface area contributed by atoms with Gasteiger partial charge in [-0.15, -0.1) is 6.58 Å². The molecule has 1 heterocycles. The number of benzene rings is 1. The van der Waals surface area contributed by atoms with Gasteiger partial charge in [-0.2, -0.15) is 0 Å². The third-order valence-electron chi connectivity index (χ3n) is 2.62. The molecule has 0 amide bonds. The lowest BCUT2D eigenvalue weighted by atomic mass is 10.0. The summed E-state index contributed by atoms with van der Waals surface area (Å²) in [5, 5.41) is 25.9. The highest BCUT2D eigenvalue weighted by molar-refractivity contribution is 6.03. The van der Waals surface area contributed by atoms with Crippen molar-refractivity contribution in [2.75, 3.05) is 0 Å². The second-order valence-corrected chi connectivity index (χ2v) is 4.20. The first kappa shape index (κ1) is 17.6. The highest BCUT2D eigenvalue weighted by Crippen LogP contribution is 2.12. The van der Waals surface area contributed by atoms with Crippen molar-refractivity contribution in [3.63, 3.8) is 0 Å². The van der Waals surface area contributed by atoms with Crippen LogP contribution in [0.15, 0.2) is 43.2 Å². The predicted octanol–water partition coefficient (Wildman–Crippen LogP) is 1.92. The van der Waals surface area contributed by atoms with E-state index in [-0.39, 0.29) is 5.56 Å². The molecule has 0 saturated carbocycles. The summed E-state index contributed by atoms with van der Waals surface area (Å²) in [7, 11) is 0. The van der Waals surface area contributed by atoms with Crippen LogP contribution >= 0.6 is 0 Å². The Hall–Kier alpha value is -3.42. The number of allylic oxidation sites excluding steroid dienone is 1. The minimum absolute atomic E-state index is 0.266. The van der Waals surface area contributed by atoms with Gasteiger partial charge in [-0.1, -0.05) is 6.08 Å². The highest BCUT2D eigenvalue weighted by atomic mass is 16.4. The normalized spacial score (nSPS) is 9.39. The molecule has 0 radical (unpaired) electrons. The molecule has 0 unspecified atom stereocenters. The summed E-state index contributed by atoms with van der Waals surface area (Å²) >= 11 is 0. The van der Waals surface area contributed by atoms with Crippen LogP contribution in [0.2, 0.25) is 0 Å². The number of aromatic amines is 1. The Kier molecular flexibility index (Phi) is 6.23. The van der Waals surface area contributed by atoms with Gasteiger partial charge >= 0.3 is 17.9 Å². The first-order valence-corrected chi connectivity index (χ1v) is 6.30. The number of rotatable bonds is 5. The summed E-state index contributed by atoms with van der Waals surface area (Å²) in [6, 6.07) is 2.81. The molecular formula is C15H14N2O6. The number of aromatic carboxylic acids is 3. The van der Waals surface area contributed by atoms with Crippen molar-refractivity contribution in [1.82, 2.24) is 9.97 Å². The number of aromatic nitrogens is 2. The van der Waals surface area contributed by atoms with Crippen molar-refractivity contribution in [3.05, 3.63) is 65.8 Å². The number of hydrogen-bond donors (Lipinski definition) is 4. The van der Waals surface area contributed by atoms with Crippen LogP contribution in [0.25, 0.3) is 0 Å². The third kappa shape index (κ3) is 5.12. The predicted molar refractivity (Wildman–Crippen MR) is 79.8 cm³/mol. The molecule has 0 aliphatic carbocycles. The molecule has 0 spiro atoms. The molecule has 1 aromatic carbocycles. The van der Waals surface area contributed by atoms with E-state index in [0.29, 0.717) is 0 Å². The second kappa shape index (κ2) is 8.13. The van der Waals surface area contributed by atoms with E-state index < -0.39 is 29.0 Å². The molecule has 4 N–H and O–H groups in total. The molecule has 0 fully saturated rings. The van der Waals surface area contributed by atoms with Crippen LogP contribution in [-0.4, -0.2) is 43.2 Å². The minimum Gasteiger partial charge on any atom is -0.478 e. The van der Waals surface area contributed by atoms with E-state index >= 15 is 0 Å². The minimum atomic E-state index is -1.48. The standard InChI is InChI=1S/C9H6O6.C6H8N2/c10-7(11)4-1-2-5(8(12)13)6(3-4)9(14)15;1-2-3-6-7-4-5-8-6/h1-3H,(H,10,11)(H,12,13)(H,14,15);2,4-5H,1,3H2,(H,7,8). The van der Waals surface area contributed by atoms with E-state index in [2.05, 4.69) is 16.5 Å². The van der Waals surface area contributed by atoms with Crippen LogP contribution in [0.4, 0.5) is 0 Å². The molecule has 0 atom stereocenters. The summed E-state index contributed by atoms with van der Waals surface area (Å²) in [5.41, 5.74) is -1.24. The van der Waals surface area contributed by atoms with Crippen LogP contribution in [0, 0.1) is 0 Å². The van der Waals surface area contributed by atoms with Gasteiger partial charge in [-0.05, 0) is 18.2 Å². The van der Waals surface area contributed by atoms with Crippen LogP contribution in [0.1, 0.15) is 36.9 Å². The number of imidazole rings is 1. The second-order valence-electron chi connectivity index (χ2n) is 4.20. The molecule has 23 heavy (non-hydrogen) atoms. The first-order chi connectivity index (χ1) is 10.9. The fourth-order valence-electron chi connectivity index (χ4n) is 1.59. The van der Waals surface area contributed by atoms with E-state index in [1.54, 1.807) is 12.4 Å². The number of carboxylic acid groups (broad SMARTS) is 3. The van der Waals surface area contributed by atoms with E-state index in [1.807, 2.05) is 6.08 Å². The average Bonchev–Trinajstić information content (AvgIpc) is 3.00. The van der Waals surface area contributed by atoms with E-state index in [4.69, 9.17) is 15.3 Å². The van der Waals surface area contributed by atoms with Gasteiger partial charge in [0.15, 0.2) is 0 Å². The van der Waals surface area contributed by atoms with Gasteiger partial charge < -0.3 is 20.3 Å².